The van der Waals surface area contributed by atoms with Crippen molar-refractivity contribution < 1.29 is 14.0 Å². The molecule has 0 saturated heterocycles. The quantitative estimate of drug-likeness (QED) is 0.796. The Balaban J connectivity index is 2.15. The molecule has 5 heteroatoms. The van der Waals surface area contributed by atoms with Crippen molar-refractivity contribution in [2.24, 2.45) is 4.99 Å². The third kappa shape index (κ3) is 4.28. The second kappa shape index (κ2) is 7.22. The lowest BCUT2D eigenvalue weighted by Gasteiger charge is -2.06. The first kappa shape index (κ1) is 16.9. The fraction of sp³-hybridized carbons (Fsp3) is 0.389. The summed E-state index contributed by atoms with van der Waals surface area (Å²) in [5.41, 5.74) is 1.22. The van der Waals surface area contributed by atoms with Crippen molar-refractivity contribution in [1.29, 1.82) is 0 Å². The molecule has 0 amide bonds. The lowest BCUT2D eigenvalue weighted by atomic mass is 10.1. The Bertz CT molecular complexity index is 782. The van der Waals surface area contributed by atoms with Crippen LogP contribution in [0.3, 0.4) is 0 Å². The molecule has 2 rings (SSSR count). The molecule has 2 aromatic rings. The normalized spacial score (nSPS) is 12.0. The van der Waals surface area contributed by atoms with Crippen LogP contribution < -0.4 is 5.49 Å². The van der Waals surface area contributed by atoms with E-state index in [1.165, 1.54) is 6.92 Å². The van der Waals surface area contributed by atoms with E-state index >= 15 is 0 Å². The monoisotopic (exact) mass is 314 g/mol. The van der Waals surface area contributed by atoms with Crippen molar-refractivity contribution in [2.45, 2.75) is 46.6 Å². The predicted molar refractivity (Wildman–Crippen MR) is 87.5 cm³/mol. The number of ketones is 1. The van der Waals surface area contributed by atoms with Crippen LogP contribution in [0, 0.1) is 6.92 Å². The van der Waals surface area contributed by atoms with Crippen LogP contribution in [-0.2, 0) is 6.42 Å². The summed E-state index contributed by atoms with van der Waals surface area (Å²) in [4.78, 5) is 28.3. The average Bonchev–Trinajstić information content (AvgIpc) is 2.86. The van der Waals surface area contributed by atoms with Gasteiger partial charge in [0.2, 0.25) is 5.91 Å². The van der Waals surface area contributed by atoms with Crippen molar-refractivity contribution in [2.75, 3.05) is 0 Å². The fourth-order valence-electron chi connectivity index (χ4n) is 2.38. The number of carbonyl (C=O) groups excluding carboxylic acids is 2. The van der Waals surface area contributed by atoms with Crippen molar-refractivity contribution >= 4 is 11.7 Å². The summed E-state index contributed by atoms with van der Waals surface area (Å²) < 4.78 is 7.11. The van der Waals surface area contributed by atoms with E-state index in [0.29, 0.717) is 35.4 Å². The van der Waals surface area contributed by atoms with E-state index in [1.54, 1.807) is 23.8 Å². The lowest BCUT2D eigenvalue weighted by molar-refractivity contribution is 0.0894. The summed E-state index contributed by atoms with van der Waals surface area (Å²) in [6, 6.07) is 7.33. The highest BCUT2D eigenvalue weighted by atomic mass is 16.3. The van der Waals surface area contributed by atoms with Gasteiger partial charge in [0.1, 0.15) is 17.0 Å². The maximum absolute atomic E-state index is 12.4. The maximum atomic E-state index is 12.4. The molecule has 2 heterocycles. The predicted octanol–water partition coefficient (Wildman–Crippen LogP) is 3.17. The van der Waals surface area contributed by atoms with Crippen molar-refractivity contribution in [1.82, 2.24) is 4.57 Å². The summed E-state index contributed by atoms with van der Waals surface area (Å²) in [7, 11) is 0. The molecule has 0 spiro atoms. The lowest BCUT2D eigenvalue weighted by Crippen LogP contribution is -2.27. The van der Waals surface area contributed by atoms with Gasteiger partial charge < -0.3 is 4.42 Å². The molecule has 0 N–H and O–H groups in total. The van der Waals surface area contributed by atoms with Crippen LogP contribution in [0.5, 0.6) is 0 Å². The van der Waals surface area contributed by atoms with Crippen molar-refractivity contribution in [3.63, 3.8) is 0 Å². The first-order chi connectivity index (χ1) is 10.9. The number of furan rings is 1. The molecule has 0 aliphatic rings. The van der Waals surface area contributed by atoms with Gasteiger partial charge in [0.05, 0.1) is 5.56 Å². The zero-order valence-electron chi connectivity index (χ0n) is 14.0. The van der Waals surface area contributed by atoms with Crippen LogP contribution in [0.2, 0.25) is 0 Å². The van der Waals surface area contributed by atoms with E-state index in [2.05, 4.69) is 4.99 Å². The Hall–Kier alpha value is -2.43. The van der Waals surface area contributed by atoms with E-state index in [-0.39, 0.29) is 17.7 Å². The molecule has 0 bridgehead atoms. The van der Waals surface area contributed by atoms with E-state index in [0.717, 1.165) is 0 Å². The third-order valence-corrected chi connectivity index (χ3v) is 3.43. The van der Waals surface area contributed by atoms with Gasteiger partial charge in [0, 0.05) is 25.1 Å². The van der Waals surface area contributed by atoms with Crippen LogP contribution >= 0.6 is 0 Å². The van der Waals surface area contributed by atoms with Gasteiger partial charge in [-0.1, -0.05) is 6.07 Å². The second-order valence-electron chi connectivity index (χ2n) is 5.78. The van der Waals surface area contributed by atoms with Gasteiger partial charge in [-0.25, -0.2) is 0 Å². The molecule has 2 aromatic heterocycles. The van der Waals surface area contributed by atoms with Crippen LogP contribution in [0.25, 0.3) is 0 Å². The zero-order chi connectivity index (χ0) is 17.0. The van der Waals surface area contributed by atoms with Gasteiger partial charge >= 0.3 is 0 Å². The van der Waals surface area contributed by atoms with Crippen molar-refractivity contribution in [3.8, 4) is 0 Å². The number of pyridine rings is 1. The van der Waals surface area contributed by atoms with Gasteiger partial charge in [0.25, 0.3) is 0 Å². The molecule has 0 saturated carbocycles. The highest BCUT2D eigenvalue weighted by molar-refractivity contribution is 5.95. The molecule has 0 aromatic carbocycles. The summed E-state index contributed by atoms with van der Waals surface area (Å²) in [5, 5.41) is 0. The molecular formula is C18H22N2O3. The molecular weight excluding hydrogens is 292 g/mol. The number of hydrogen-bond acceptors (Lipinski definition) is 4. The number of rotatable bonds is 5. The minimum absolute atomic E-state index is 0.0284. The minimum atomic E-state index is -0.0524. The Kier molecular flexibility index (Phi) is 5.32. The minimum Gasteiger partial charge on any atom is -0.466 e. The van der Waals surface area contributed by atoms with Gasteiger partial charge in [-0.05, 0) is 45.9 Å². The van der Waals surface area contributed by atoms with E-state index in [4.69, 9.17) is 4.42 Å². The first-order valence-corrected chi connectivity index (χ1v) is 7.73. The number of Topliss-reactive ketones (excluding diaryl/α,β-unsaturated/α-hetero) is 1. The van der Waals surface area contributed by atoms with Crippen LogP contribution in [-0.4, -0.2) is 22.3 Å². The Labute approximate surface area is 135 Å². The molecule has 0 aliphatic heterocycles. The smallest absolute Gasteiger partial charge is 0.232 e. The van der Waals surface area contributed by atoms with Gasteiger partial charge in [-0.15, -0.1) is 0 Å². The Morgan fingerprint density at radius 3 is 2.65 bits per heavy atom. The number of carbonyl (C=O) groups is 2. The Morgan fingerprint density at radius 1 is 1.30 bits per heavy atom. The van der Waals surface area contributed by atoms with E-state index < -0.39 is 0 Å². The highest BCUT2D eigenvalue weighted by Crippen LogP contribution is 2.16. The third-order valence-electron chi connectivity index (χ3n) is 3.43. The molecule has 0 radical (unpaired) electrons. The topological polar surface area (TPSA) is 64.6 Å². The zero-order valence-corrected chi connectivity index (χ0v) is 14.0. The van der Waals surface area contributed by atoms with E-state index in [9.17, 15) is 9.59 Å². The molecule has 0 atom stereocenters. The van der Waals surface area contributed by atoms with Gasteiger partial charge in [0.15, 0.2) is 5.78 Å². The largest absolute Gasteiger partial charge is 0.466 e. The number of hydrogen-bond donors (Lipinski definition) is 0. The van der Waals surface area contributed by atoms with Gasteiger partial charge in [-0.2, -0.15) is 0 Å². The van der Waals surface area contributed by atoms with Crippen LogP contribution in [0.4, 0.5) is 0 Å². The molecule has 0 aliphatic carbocycles. The molecule has 0 unspecified atom stereocenters. The number of aromatic nitrogens is 1. The summed E-state index contributed by atoms with van der Waals surface area (Å²) in [5.74, 6) is 1.17. The standard InChI is InChI=1S/C18H22N2O3/c1-12(2)19-17-7-5-6-10-20(17)18(22)9-8-15-11-16(13(3)21)14(4)23-15/h5-7,10-12H,8-9H2,1-4H3. The van der Waals surface area contributed by atoms with Crippen molar-refractivity contribution in [3.05, 3.63) is 53.0 Å². The Morgan fingerprint density at radius 2 is 2.04 bits per heavy atom. The summed E-state index contributed by atoms with van der Waals surface area (Å²) in [6.45, 7) is 7.20. The van der Waals surface area contributed by atoms with E-state index in [1.807, 2.05) is 32.0 Å². The molecule has 23 heavy (non-hydrogen) atoms. The highest BCUT2D eigenvalue weighted by Gasteiger charge is 2.13. The molecule has 5 nitrogen and oxygen atoms in total. The average molecular weight is 314 g/mol. The van der Waals surface area contributed by atoms with Gasteiger partial charge in [-0.3, -0.25) is 19.1 Å². The SMILES string of the molecule is CC(=O)c1cc(CCC(=O)n2ccccc2=NC(C)C)oc1C. The summed E-state index contributed by atoms with van der Waals surface area (Å²) >= 11 is 0. The summed E-state index contributed by atoms with van der Waals surface area (Å²) in [6.07, 6.45) is 2.47. The fourth-order valence-corrected chi connectivity index (χ4v) is 2.38. The number of aryl methyl sites for hydroxylation is 2. The number of nitrogens with zero attached hydrogens (tertiary/aromatic N) is 2. The van der Waals surface area contributed by atoms with Crippen LogP contribution in [0.15, 0.2) is 39.9 Å². The maximum Gasteiger partial charge on any atom is 0.232 e. The first-order valence-electron chi connectivity index (χ1n) is 7.73. The second-order valence-corrected chi connectivity index (χ2v) is 5.78. The molecule has 0 fully saturated rings. The molecule has 122 valence electrons. The van der Waals surface area contributed by atoms with Crippen LogP contribution in [0.1, 0.15) is 53.9 Å².